The van der Waals surface area contributed by atoms with E-state index in [1.807, 2.05) is 6.92 Å². The summed E-state index contributed by atoms with van der Waals surface area (Å²) in [5.41, 5.74) is 0.487. The standard InChI is InChI=1S/C23H29ClN6O5S/c1-13-9-16(12-35-13)22-27-28-23(30(22)20-18(33-4)7-6-8-19(20)34-5)29-36(31,32)15(3)14(2)21-25-10-17(24)11-26-21/h6-8,10-11,13-16H,9,12H2,1-5H3,(H,28,29)/t13-,14-,15-,16?/m0/s1. The number of aromatic nitrogens is 5. The van der Waals surface area contributed by atoms with E-state index in [9.17, 15) is 8.42 Å². The maximum absolute atomic E-state index is 13.5. The summed E-state index contributed by atoms with van der Waals surface area (Å²) in [6.45, 7) is 5.74. The summed E-state index contributed by atoms with van der Waals surface area (Å²) >= 11 is 5.88. The Balaban J connectivity index is 1.77. The predicted octanol–water partition coefficient (Wildman–Crippen LogP) is 3.55. The van der Waals surface area contributed by atoms with Crippen molar-refractivity contribution in [2.75, 3.05) is 25.5 Å². The first-order valence-corrected chi connectivity index (χ1v) is 13.4. The molecule has 194 valence electrons. The Labute approximate surface area is 215 Å². The van der Waals surface area contributed by atoms with Crippen molar-refractivity contribution in [2.24, 2.45) is 0 Å². The van der Waals surface area contributed by atoms with Gasteiger partial charge in [-0.3, -0.25) is 9.29 Å². The van der Waals surface area contributed by atoms with Gasteiger partial charge in [0.1, 0.15) is 28.8 Å². The Morgan fingerprint density at radius 2 is 1.78 bits per heavy atom. The molecule has 1 aliphatic heterocycles. The minimum absolute atomic E-state index is 0.0171. The first-order chi connectivity index (χ1) is 17.2. The second kappa shape index (κ2) is 10.6. The van der Waals surface area contributed by atoms with Gasteiger partial charge in [0.25, 0.3) is 0 Å². The number of methoxy groups -OCH3 is 2. The zero-order valence-electron chi connectivity index (χ0n) is 20.7. The number of benzene rings is 1. The molecule has 2 aromatic heterocycles. The fourth-order valence-electron chi connectivity index (χ4n) is 4.15. The highest BCUT2D eigenvalue weighted by Crippen LogP contribution is 2.39. The highest BCUT2D eigenvalue weighted by atomic mass is 35.5. The Morgan fingerprint density at radius 1 is 1.14 bits per heavy atom. The smallest absolute Gasteiger partial charge is 0.243 e. The average molecular weight is 537 g/mol. The molecule has 0 bridgehead atoms. The third-order valence-electron chi connectivity index (χ3n) is 6.35. The molecule has 0 radical (unpaired) electrons. The van der Waals surface area contributed by atoms with E-state index in [0.29, 0.717) is 46.9 Å². The van der Waals surface area contributed by atoms with Crippen LogP contribution in [0.4, 0.5) is 5.95 Å². The third-order valence-corrected chi connectivity index (χ3v) is 8.40. The molecule has 0 spiro atoms. The van der Waals surface area contributed by atoms with Gasteiger partial charge >= 0.3 is 0 Å². The van der Waals surface area contributed by atoms with Gasteiger partial charge in [-0.25, -0.2) is 18.4 Å². The number of halogens is 1. The van der Waals surface area contributed by atoms with Gasteiger partial charge in [0.2, 0.25) is 16.0 Å². The minimum Gasteiger partial charge on any atom is -0.494 e. The fraction of sp³-hybridized carbons (Fsp3) is 0.478. The van der Waals surface area contributed by atoms with Gasteiger partial charge in [0, 0.05) is 24.2 Å². The molecule has 0 saturated carbocycles. The summed E-state index contributed by atoms with van der Waals surface area (Å²) in [6.07, 6.45) is 3.63. The van der Waals surface area contributed by atoms with Crippen LogP contribution in [0, 0.1) is 0 Å². The number of hydrogen-bond acceptors (Lipinski definition) is 9. The summed E-state index contributed by atoms with van der Waals surface area (Å²) in [4.78, 5) is 8.36. The van der Waals surface area contributed by atoms with Gasteiger partial charge in [-0.1, -0.05) is 24.6 Å². The molecule has 1 aliphatic rings. The van der Waals surface area contributed by atoms with Crippen molar-refractivity contribution < 1.29 is 22.6 Å². The zero-order chi connectivity index (χ0) is 26.0. The van der Waals surface area contributed by atoms with E-state index in [4.69, 9.17) is 25.8 Å². The van der Waals surface area contributed by atoms with E-state index in [1.54, 1.807) is 36.6 Å². The lowest BCUT2D eigenvalue weighted by Gasteiger charge is -2.22. The number of nitrogens with one attached hydrogen (secondary N) is 1. The number of sulfonamides is 1. The average Bonchev–Trinajstić information content (AvgIpc) is 3.48. The van der Waals surface area contributed by atoms with E-state index in [0.717, 1.165) is 0 Å². The van der Waals surface area contributed by atoms with Crippen LogP contribution >= 0.6 is 11.6 Å². The van der Waals surface area contributed by atoms with Gasteiger partial charge < -0.3 is 14.2 Å². The van der Waals surface area contributed by atoms with Crippen molar-refractivity contribution >= 4 is 27.6 Å². The summed E-state index contributed by atoms with van der Waals surface area (Å²) in [5, 5.41) is 8.07. The van der Waals surface area contributed by atoms with Crippen molar-refractivity contribution in [1.82, 2.24) is 24.7 Å². The molecular weight excluding hydrogens is 508 g/mol. The molecule has 3 heterocycles. The molecule has 1 N–H and O–H groups in total. The fourth-order valence-corrected chi connectivity index (χ4v) is 5.48. The van der Waals surface area contributed by atoms with Crippen LogP contribution in [0.15, 0.2) is 30.6 Å². The van der Waals surface area contributed by atoms with Gasteiger partial charge in [-0.15, -0.1) is 10.2 Å². The molecule has 3 aromatic rings. The third kappa shape index (κ3) is 5.11. The van der Waals surface area contributed by atoms with E-state index in [1.165, 1.54) is 26.6 Å². The molecular formula is C23H29ClN6O5S. The van der Waals surface area contributed by atoms with Crippen molar-refractivity contribution in [2.45, 2.75) is 50.4 Å². The molecule has 1 fully saturated rings. The number of para-hydroxylation sites is 1. The van der Waals surface area contributed by atoms with Gasteiger partial charge in [0.15, 0.2) is 0 Å². The Hall–Kier alpha value is -2.96. The molecule has 11 nitrogen and oxygen atoms in total. The number of ether oxygens (including phenoxy) is 3. The number of anilines is 1. The summed E-state index contributed by atoms with van der Waals surface area (Å²) in [6, 6.07) is 5.30. The molecule has 1 aromatic carbocycles. The lowest BCUT2D eigenvalue weighted by molar-refractivity contribution is 0.123. The van der Waals surface area contributed by atoms with Crippen LogP contribution in [0.2, 0.25) is 5.02 Å². The predicted molar refractivity (Wildman–Crippen MR) is 135 cm³/mol. The van der Waals surface area contributed by atoms with Gasteiger partial charge in [-0.2, -0.15) is 0 Å². The van der Waals surface area contributed by atoms with Crippen LogP contribution in [0.1, 0.15) is 50.7 Å². The second-order valence-electron chi connectivity index (χ2n) is 8.71. The molecule has 1 saturated heterocycles. The van der Waals surface area contributed by atoms with Crippen LogP contribution < -0.4 is 14.2 Å². The van der Waals surface area contributed by atoms with Gasteiger partial charge in [-0.05, 0) is 32.4 Å². The summed E-state index contributed by atoms with van der Waals surface area (Å²) < 4.78 is 48.2. The second-order valence-corrected chi connectivity index (χ2v) is 11.2. The topological polar surface area (TPSA) is 130 Å². The van der Waals surface area contributed by atoms with Crippen LogP contribution in [0.5, 0.6) is 11.5 Å². The van der Waals surface area contributed by atoms with Gasteiger partial charge in [0.05, 0.1) is 37.2 Å². The normalized spacial score (nSPS) is 19.6. The largest absolute Gasteiger partial charge is 0.494 e. The monoisotopic (exact) mass is 536 g/mol. The maximum atomic E-state index is 13.5. The quantitative estimate of drug-likeness (QED) is 0.436. The Bertz CT molecular complexity index is 1290. The van der Waals surface area contributed by atoms with E-state index >= 15 is 0 Å². The van der Waals surface area contributed by atoms with Crippen LogP contribution in [0.25, 0.3) is 5.69 Å². The maximum Gasteiger partial charge on any atom is 0.243 e. The highest BCUT2D eigenvalue weighted by Gasteiger charge is 2.35. The molecule has 13 heteroatoms. The Morgan fingerprint density at radius 3 is 2.33 bits per heavy atom. The molecule has 4 rings (SSSR count). The number of nitrogens with zero attached hydrogens (tertiary/aromatic N) is 5. The van der Waals surface area contributed by atoms with E-state index < -0.39 is 21.2 Å². The first-order valence-electron chi connectivity index (χ1n) is 11.4. The lowest BCUT2D eigenvalue weighted by atomic mass is 10.1. The van der Waals surface area contributed by atoms with Crippen molar-refractivity contribution in [3.63, 3.8) is 0 Å². The summed E-state index contributed by atoms with van der Waals surface area (Å²) in [5.74, 6) is 1.24. The van der Waals surface area contributed by atoms with Crippen LogP contribution in [0.3, 0.4) is 0 Å². The first kappa shape index (κ1) is 26.1. The summed E-state index contributed by atoms with van der Waals surface area (Å²) in [7, 11) is -0.900. The molecule has 1 unspecified atom stereocenters. The molecule has 36 heavy (non-hydrogen) atoms. The van der Waals surface area contributed by atoms with Crippen LogP contribution in [-0.2, 0) is 14.8 Å². The van der Waals surface area contributed by atoms with Crippen molar-refractivity contribution in [3.05, 3.63) is 47.3 Å². The number of hydrogen-bond donors (Lipinski definition) is 1. The van der Waals surface area contributed by atoms with Crippen molar-refractivity contribution in [1.29, 1.82) is 0 Å². The van der Waals surface area contributed by atoms with Crippen molar-refractivity contribution in [3.8, 4) is 17.2 Å². The zero-order valence-corrected chi connectivity index (χ0v) is 22.2. The highest BCUT2D eigenvalue weighted by molar-refractivity contribution is 7.93. The van der Waals surface area contributed by atoms with E-state index in [2.05, 4.69) is 24.9 Å². The molecule has 4 atom stereocenters. The number of rotatable bonds is 9. The Kier molecular flexibility index (Phi) is 7.67. The minimum atomic E-state index is -3.96. The lowest BCUT2D eigenvalue weighted by Crippen LogP contribution is -2.31. The molecule has 0 aliphatic carbocycles. The SMILES string of the molecule is COc1cccc(OC)c1-n1c(NS(=O)(=O)[C@@H](C)[C@H](C)c2ncc(Cl)cn2)nnc1C1CO[C@@H](C)C1. The van der Waals surface area contributed by atoms with E-state index in [-0.39, 0.29) is 18.0 Å². The molecule has 0 amide bonds. The van der Waals surface area contributed by atoms with Crippen LogP contribution in [-0.4, -0.2) is 65.3 Å².